The molecule has 0 bridgehead atoms. The Hall–Kier alpha value is -1.00. The van der Waals surface area contributed by atoms with E-state index in [9.17, 15) is 5.11 Å². The van der Waals surface area contributed by atoms with E-state index >= 15 is 0 Å². The van der Waals surface area contributed by atoms with E-state index in [2.05, 4.69) is 17.1 Å². The smallest absolute Gasteiger partial charge is 0.161 e. The number of hydrogen-bond donors (Lipinski definition) is 1. The number of benzene rings is 1. The first-order valence-corrected chi connectivity index (χ1v) is 6.18. The van der Waals surface area contributed by atoms with E-state index in [0.717, 1.165) is 11.6 Å². The predicted octanol–water partition coefficient (Wildman–Crippen LogP) is 1.58. The summed E-state index contributed by atoms with van der Waals surface area (Å²) in [5, 5.41) is 11.1. The van der Waals surface area contributed by atoms with E-state index in [1.807, 2.05) is 30.1 Å². The standard InChI is InChI=1S/C12H16N2OS/c1-13-12-14(2)11(15)10(16-12)8-9-6-4-3-5-7-9/h3-7,10-11,15H,8H2,1-2H3. The molecule has 2 unspecified atom stereocenters. The Bertz CT molecular complexity index is 380. The SMILES string of the molecule is CN=C1SC(Cc2ccccc2)C(O)N1C. The number of rotatable bonds is 2. The lowest BCUT2D eigenvalue weighted by atomic mass is 10.1. The fraction of sp³-hybridized carbons (Fsp3) is 0.417. The van der Waals surface area contributed by atoms with Gasteiger partial charge in [-0.3, -0.25) is 4.99 Å². The largest absolute Gasteiger partial charge is 0.372 e. The Morgan fingerprint density at radius 2 is 2.06 bits per heavy atom. The van der Waals surface area contributed by atoms with Gasteiger partial charge in [0.25, 0.3) is 0 Å². The molecule has 2 atom stereocenters. The molecule has 0 radical (unpaired) electrons. The number of hydrogen-bond acceptors (Lipinski definition) is 3. The Balaban J connectivity index is 2.07. The van der Waals surface area contributed by atoms with Crippen molar-refractivity contribution in [2.24, 2.45) is 4.99 Å². The zero-order valence-corrected chi connectivity index (χ0v) is 10.3. The lowest BCUT2D eigenvalue weighted by Crippen LogP contribution is -2.34. The van der Waals surface area contributed by atoms with Gasteiger partial charge >= 0.3 is 0 Å². The minimum absolute atomic E-state index is 0.172. The second-order valence-electron chi connectivity index (χ2n) is 3.88. The van der Waals surface area contributed by atoms with Crippen LogP contribution in [0.2, 0.25) is 0 Å². The maximum absolute atomic E-state index is 10.0. The summed E-state index contributed by atoms with van der Waals surface area (Å²) >= 11 is 1.65. The highest BCUT2D eigenvalue weighted by Crippen LogP contribution is 2.31. The van der Waals surface area contributed by atoms with Crippen LogP contribution >= 0.6 is 11.8 Å². The molecule has 1 aromatic rings. The Morgan fingerprint density at radius 1 is 1.38 bits per heavy atom. The van der Waals surface area contributed by atoms with Gasteiger partial charge in [-0.15, -0.1) is 0 Å². The summed E-state index contributed by atoms with van der Waals surface area (Å²) in [6.45, 7) is 0. The summed E-state index contributed by atoms with van der Waals surface area (Å²) < 4.78 is 0. The van der Waals surface area contributed by atoms with E-state index in [1.54, 1.807) is 18.8 Å². The molecule has 3 nitrogen and oxygen atoms in total. The third-order valence-electron chi connectivity index (χ3n) is 2.76. The molecule has 16 heavy (non-hydrogen) atoms. The molecule has 86 valence electrons. The van der Waals surface area contributed by atoms with Crippen LogP contribution in [0.25, 0.3) is 0 Å². The van der Waals surface area contributed by atoms with Crippen molar-refractivity contribution in [3.63, 3.8) is 0 Å². The number of aliphatic imine (C=N–C) groups is 1. The van der Waals surface area contributed by atoms with Gasteiger partial charge in [-0.1, -0.05) is 42.1 Å². The molecule has 1 aromatic carbocycles. The molecule has 1 N–H and O–H groups in total. The minimum Gasteiger partial charge on any atom is -0.372 e. The first kappa shape index (κ1) is 11.5. The summed E-state index contributed by atoms with van der Waals surface area (Å²) in [6, 6.07) is 10.2. The van der Waals surface area contributed by atoms with E-state index in [0.29, 0.717) is 0 Å². The molecular formula is C12H16N2OS. The number of amidine groups is 1. The fourth-order valence-corrected chi connectivity index (χ4v) is 3.08. The van der Waals surface area contributed by atoms with E-state index < -0.39 is 6.23 Å². The van der Waals surface area contributed by atoms with E-state index in [-0.39, 0.29) is 5.25 Å². The zero-order valence-electron chi connectivity index (χ0n) is 9.50. The first-order chi connectivity index (χ1) is 7.72. The number of nitrogens with zero attached hydrogens (tertiary/aromatic N) is 2. The molecule has 4 heteroatoms. The monoisotopic (exact) mass is 236 g/mol. The Kier molecular flexibility index (Phi) is 3.51. The van der Waals surface area contributed by atoms with Crippen molar-refractivity contribution in [3.05, 3.63) is 35.9 Å². The van der Waals surface area contributed by atoms with Gasteiger partial charge < -0.3 is 10.0 Å². The number of aliphatic hydroxyl groups excluding tert-OH is 1. The highest BCUT2D eigenvalue weighted by molar-refractivity contribution is 8.14. The molecule has 1 heterocycles. The summed E-state index contributed by atoms with van der Waals surface area (Å²) in [6.07, 6.45) is 0.430. The molecule has 1 aliphatic heterocycles. The van der Waals surface area contributed by atoms with Gasteiger partial charge in [-0.2, -0.15) is 0 Å². The highest BCUT2D eigenvalue weighted by atomic mass is 32.2. The van der Waals surface area contributed by atoms with Crippen molar-refractivity contribution < 1.29 is 5.11 Å². The van der Waals surface area contributed by atoms with Gasteiger partial charge in [0.1, 0.15) is 6.23 Å². The third-order valence-corrected chi connectivity index (χ3v) is 4.15. The normalized spacial score (nSPS) is 27.7. The molecule has 1 fully saturated rings. The summed E-state index contributed by atoms with van der Waals surface area (Å²) in [5.41, 5.74) is 1.25. The molecule has 0 amide bonds. The van der Waals surface area contributed by atoms with Crippen LogP contribution in [0, 0.1) is 0 Å². The number of aliphatic hydroxyl groups is 1. The molecule has 2 rings (SSSR count). The second-order valence-corrected chi connectivity index (χ2v) is 5.08. The second kappa shape index (κ2) is 4.89. The van der Waals surface area contributed by atoms with Crippen LogP contribution < -0.4 is 0 Å². The van der Waals surface area contributed by atoms with Crippen LogP contribution in [0.15, 0.2) is 35.3 Å². The van der Waals surface area contributed by atoms with Crippen molar-refractivity contribution in [1.82, 2.24) is 4.90 Å². The fourth-order valence-electron chi connectivity index (χ4n) is 1.85. The average Bonchev–Trinajstić information content (AvgIpc) is 2.58. The maximum Gasteiger partial charge on any atom is 0.161 e. The van der Waals surface area contributed by atoms with Gasteiger partial charge in [-0.05, 0) is 12.0 Å². The molecule has 1 aliphatic rings. The topological polar surface area (TPSA) is 35.8 Å². The number of thioether (sulfide) groups is 1. The maximum atomic E-state index is 10.0. The summed E-state index contributed by atoms with van der Waals surface area (Å²) in [7, 11) is 3.64. The molecule has 0 aromatic heterocycles. The van der Waals surface area contributed by atoms with E-state index in [4.69, 9.17) is 0 Å². The van der Waals surface area contributed by atoms with Gasteiger partial charge in [0.05, 0.1) is 5.25 Å². The van der Waals surface area contributed by atoms with Crippen molar-refractivity contribution >= 4 is 16.9 Å². The highest BCUT2D eigenvalue weighted by Gasteiger charge is 2.35. The molecule has 1 saturated heterocycles. The van der Waals surface area contributed by atoms with Crippen LogP contribution in [-0.4, -0.2) is 40.7 Å². The molecule has 0 spiro atoms. The first-order valence-electron chi connectivity index (χ1n) is 5.30. The van der Waals surface area contributed by atoms with Crippen LogP contribution in [0.5, 0.6) is 0 Å². The van der Waals surface area contributed by atoms with Crippen molar-refractivity contribution in [2.75, 3.05) is 14.1 Å². The Labute approximate surface area is 100 Å². The minimum atomic E-state index is -0.441. The van der Waals surface area contributed by atoms with Gasteiger partial charge in [0.2, 0.25) is 0 Å². The Morgan fingerprint density at radius 3 is 2.62 bits per heavy atom. The summed E-state index contributed by atoms with van der Waals surface area (Å²) in [4.78, 5) is 5.99. The third kappa shape index (κ3) is 2.23. The van der Waals surface area contributed by atoms with Gasteiger partial charge in [-0.25, -0.2) is 0 Å². The van der Waals surface area contributed by atoms with Crippen molar-refractivity contribution in [3.8, 4) is 0 Å². The van der Waals surface area contributed by atoms with Crippen LogP contribution in [0.4, 0.5) is 0 Å². The van der Waals surface area contributed by atoms with Gasteiger partial charge in [0, 0.05) is 14.1 Å². The lowest BCUT2D eigenvalue weighted by molar-refractivity contribution is 0.0758. The zero-order chi connectivity index (χ0) is 11.5. The summed E-state index contributed by atoms with van der Waals surface area (Å²) in [5.74, 6) is 0. The van der Waals surface area contributed by atoms with Crippen molar-refractivity contribution in [1.29, 1.82) is 0 Å². The van der Waals surface area contributed by atoms with E-state index in [1.165, 1.54) is 5.56 Å². The molecular weight excluding hydrogens is 220 g/mol. The van der Waals surface area contributed by atoms with Crippen LogP contribution in [-0.2, 0) is 6.42 Å². The average molecular weight is 236 g/mol. The quantitative estimate of drug-likeness (QED) is 0.847. The lowest BCUT2D eigenvalue weighted by Gasteiger charge is -2.18. The van der Waals surface area contributed by atoms with Gasteiger partial charge in [0.15, 0.2) is 5.17 Å². The predicted molar refractivity (Wildman–Crippen MR) is 68.7 cm³/mol. The van der Waals surface area contributed by atoms with Crippen molar-refractivity contribution in [2.45, 2.75) is 17.9 Å². The van der Waals surface area contributed by atoms with Crippen LogP contribution in [0.3, 0.4) is 0 Å². The molecule has 0 aliphatic carbocycles. The van der Waals surface area contributed by atoms with Crippen LogP contribution in [0.1, 0.15) is 5.56 Å². The molecule has 0 saturated carbocycles.